The number of benzene rings is 3. The molecule has 0 unspecified atom stereocenters. The second kappa shape index (κ2) is 15.1. The van der Waals surface area contributed by atoms with E-state index < -0.39 is 17.5 Å². The first-order valence-electron chi connectivity index (χ1n) is 12.0. The molecule has 0 aliphatic heterocycles. The van der Waals surface area contributed by atoms with Crippen LogP contribution in [0, 0.1) is 0 Å². The third-order valence-electron chi connectivity index (χ3n) is 5.40. The van der Waals surface area contributed by atoms with Gasteiger partial charge in [0.15, 0.2) is 23.0 Å². The Morgan fingerprint density at radius 1 is 0.610 bits per heavy atom. The van der Waals surface area contributed by atoms with Crippen LogP contribution in [0.2, 0.25) is 0 Å². The quantitative estimate of drug-likeness (QED) is 0.163. The van der Waals surface area contributed by atoms with Crippen LogP contribution in [0.5, 0.6) is 28.7 Å². The number of nitrogens with zero attached hydrogens (tertiary/aromatic N) is 3. The molecule has 0 atom stereocenters. The van der Waals surface area contributed by atoms with Gasteiger partial charge in [0.25, 0.3) is 11.8 Å². The van der Waals surface area contributed by atoms with Crippen molar-refractivity contribution in [2.45, 2.75) is 0 Å². The zero-order chi connectivity index (χ0) is 29.6. The zero-order valence-electron chi connectivity index (χ0n) is 23.1. The SMILES string of the molecule is COc1ccccc1NN=C(C(=O)N/N=C\c1ccc(OC)c(OC)c1)C(=O)N/N=C\c1ccc(OC)c(OC)c1. The number of hydrazone groups is 3. The van der Waals surface area contributed by atoms with Gasteiger partial charge in [-0.3, -0.25) is 15.0 Å². The highest BCUT2D eigenvalue weighted by molar-refractivity contribution is 6.65. The number of amides is 2. The Balaban J connectivity index is 1.79. The number of hydrogen-bond donors (Lipinski definition) is 3. The minimum atomic E-state index is -0.900. The molecule has 13 heteroatoms. The molecule has 3 N–H and O–H groups in total. The van der Waals surface area contributed by atoms with Crippen LogP contribution in [0.1, 0.15) is 11.1 Å². The van der Waals surface area contributed by atoms with Crippen molar-refractivity contribution in [2.24, 2.45) is 15.3 Å². The van der Waals surface area contributed by atoms with Gasteiger partial charge < -0.3 is 23.7 Å². The number of anilines is 1. The van der Waals surface area contributed by atoms with Crippen molar-refractivity contribution in [3.05, 3.63) is 71.8 Å². The van der Waals surface area contributed by atoms with E-state index in [-0.39, 0.29) is 0 Å². The molecule has 2 amide bonds. The van der Waals surface area contributed by atoms with Gasteiger partial charge in [-0.25, -0.2) is 10.9 Å². The topological polar surface area (TPSA) is 153 Å². The van der Waals surface area contributed by atoms with Crippen molar-refractivity contribution in [3.8, 4) is 28.7 Å². The lowest BCUT2D eigenvalue weighted by Gasteiger charge is -2.09. The van der Waals surface area contributed by atoms with E-state index in [9.17, 15) is 9.59 Å². The van der Waals surface area contributed by atoms with Crippen molar-refractivity contribution in [1.82, 2.24) is 10.9 Å². The van der Waals surface area contributed by atoms with Crippen LogP contribution in [0.3, 0.4) is 0 Å². The van der Waals surface area contributed by atoms with E-state index in [1.165, 1.54) is 48.0 Å². The monoisotopic (exact) mass is 562 g/mol. The molecule has 0 spiro atoms. The van der Waals surface area contributed by atoms with Gasteiger partial charge >= 0.3 is 0 Å². The first-order chi connectivity index (χ1) is 19.9. The lowest BCUT2D eigenvalue weighted by atomic mass is 10.2. The summed E-state index contributed by atoms with van der Waals surface area (Å²) in [5.74, 6) is 0.697. The van der Waals surface area contributed by atoms with Crippen LogP contribution in [0.25, 0.3) is 0 Å². The lowest BCUT2D eigenvalue weighted by molar-refractivity contribution is -0.118. The number of hydrogen-bond acceptors (Lipinski definition) is 11. The molecule has 0 fully saturated rings. The van der Waals surface area contributed by atoms with Gasteiger partial charge in [-0.15, -0.1) is 0 Å². The first-order valence-corrected chi connectivity index (χ1v) is 12.0. The third-order valence-corrected chi connectivity index (χ3v) is 5.40. The summed E-state index contributed by atoms with van der Waals surface area (Å²) in [7, 11) is 7.54. The fourth-order valence-corrected chi connectivity index (χ4v) is 3.36. The summed E-state index contributed by atoms with van der Waals surface area (Å²) in [5, 5.41) is 11.9. The molecule has 0 heterocycles. The average molecular weight is 563 g/mol. The Hall–Kier alpha value is -5.59. The number of nitrogens with one attached hydrogen (secondary N) is 3. The van der Waals surface area contributed by atoms with E-state index in [0.29, 0.717) is 45.6 Å². The van der Waals surface area contributed by atoms with Gasteiger partial charge in [0, 0.05) is 0 Å². The van der Waals surface area contributed by atoms with E-state index in [1.54, 1.807) is 60.7 Å². The van der Waals surface area contributed by atoms with Gasteiger partial charge in [-0.1, -0.05) is 12.1 Å². The number of para-hydroxylation sites is 2. The maximum atomic E-state index is 12.9. The molecule has 214 valence electrons. The predicted octanol–water partition coefficient (Wildman–Crippen LogP) is 2.80. The van der Waals surface area contributed by atoms with Crippen molar-refractivity contribution in [3.63, 3.8) is 0 Å². The lowest BCUT2D eigenvalue weighted by Crippen LogP contribution is -2.39. The van der Waals surface area contributed by atoms with Gasteiger partial charge in [-0.2, -0.15) is 15.3 Å². The highest BCUT2D eigenvalue weighted by Gasteiger charge is 2.21. The normalized spacial score (nSPS) is 10.6. The van der Waals surface area contributed by atoms with Crippen LogP contribution in [0.4, 0.5) is 5.69 Å². The van der Waals surface area contributed by atoms with Crippen LogP contribution in [-0.4, -0.2) is 65.5 Å². The maximum Gasteiger partial charge on any atom is 0.297 e. The van der Waals surface area contributed by atoms with Crippen LogP contribution in [0.15, 0.2) is 76.0 Å². The standard InChI is InChI=1S/C28H30N6O7/c1-37-21-9-7-6-8-20(21)31-32-26(27(35)33-29-16-18-10-12-22(38-2)24(14-18)40-4)28(36)34-30-17-19-11-13-23(39-3)25(15-19)41-5/h6-17,31H,1-5H3,(H,33,35)(H,34,36)/b29-16-,30-17-. The number of ether oxygens (including phenoxy) is 5. The highest BCUT2D eigenvalue weighted by atomic mass is 16.5. The summed E-state index contributed by atoms with van der Waals surface area (Å²) in [5.41, 5.74) is 8.35. The molecule has 0 aliphatic carbocycles. The van der Waals surface area contributed by atoms with Crippen LogP contribution in [-0.2, 0) is 9.59 Å². The molecule has 0 aliphatic rings. The number of carbonyl (C=O) groups excluding carboxylic acids is 2. The smallest absolute Gasteiger partial charge is 0.297 e. The predicted molar refractivity (Wildman–Crippen MR) is 155 cm³/mol. The fourth-order valence-electron chi connectivity index (χ4n) is 3.36. The average Bonchev–Trinajstić information content (AvgIpc) is 3.01. The van der Waals surface area contributed by atoms with E-state index in [2.05, 4.69) is 31.6 Å². The number of carbonyl (C=O) groups is 2. The first kappa shape index (κ1) is 30.0. The summed E-state index contributed by atoms with van der Waals surface area (Å²) in [6, 6.07) is 17.0. The van der Waals surface area contributed by atoms with Crippen molar-refractivity contribution >= 4 is 35.6 Å². The zero-order valence-corrected chi connectivity index (χ0v) is 23.1. The minimum absolute atomic E-state index is 0.427. The Morgan fingerprint density at radius 2 is 1.07 bits per heavy atom. The fraction of sp³-hybridized carbons (Fsp3) is 0.179. The molecule has 3 aromatic carbocycles. The van der Waals surface area contributed by atoms with E-state index >= 15 is 0 Å². The van der Waals surface area contributed by atoms with Crippen molar-refractivity contribution in [2.75, 3.05) is 41.0 Å². The summed E-state index contributed by atoms with van der Waals surface area (Å²) in [6.07, 6.45) is 2.75. The molecular weight excluding hydrogens is 532 g/mol. The van der Waals surface area contributed by atoms with E-state index in [0.717, 1.165) is 0 Å². The second-order valence-electron chi connectivity index (χ2n) is 7.90. The molecule has 41 heavy (non-hydrogen) atoms. The van der Waals surface area contributed by atoms with E-state index in [1.807, 2.05) is 0 Å². The molecule has 0 aromatic heterocycles. The minimum Gasteiger partial charge on any atom is -0.495 e. The molecular formula is C28H30N6O7. The van der Waals surface area contributed by atoms with Gasteiger partial charge in [0.05, 0.1) is 53.7 Å². The molecule has 3 rings (SSSR count). The number of methoxy groups -OCH3 is 5. The van der Waals surface area contributed by atoms with Gasteiger partial charge in [0.2, 0.25) is 5.71 Å². The van der Waals surface area contributed by atoms with Crippen LogP contribution >= 0.6 is 0 Å². The Kier molecular flexibility index (Phi) is 11.0. The molecule has 0 radical (unpaired) electrons. The highest BCUT2D eigenvalue weighted by Crippen LogP contribution is 2.28. The molecule has 0 bridgehead atoms. The Bertz CT molecular complexity index is 1370. The summed E-state index contributed by atoms with van der Waals surface area (Å²) in [6.45, 7) is 0. The van der Waals surface area contributed by atoms with Crippen molar-refractivity contribution < 1.29 is 33.3 Å². The molecule has 3 aromatic rings. The summed E-state index contributed by atoms with van der Waals surface area (Å²) < 4.78 is 26.2. The maximum absolute atomic E-state index is 12.9. The summed E-state index contributed by atoms with van der Waals surface area (Å²) in [4.78, 5) is 25.9. The van der Waals surface area contributed by atoms with Gasteiger partial charge in [-0.05, 0) is 59.7 Å². The Labute approximate surface area is 236 Å². The van der Waals surface area contributed by atoms with Gasteiger partial charge in [0.1, 0.15) is 5.75 Å². The van der Waals surface area contributed by atoms with Crippen LogP contribution < -0.4 is 40.0 Å². The molecule has 13 nitrogen and oxygen atoms in total. The van der Waals surface area contributed by atoms with Crippen molar-refractivity contribution in [1.29, 1.82) is 0 Å². The molecule has 0 saturated carbocycles. The summed E-state index contributed by atoms with van der Waals surface area (Å²) >= 11 is 0. The largest absolute Gasteiger partial charge is 0.495 e. The number of rotatable bonds is 13. The van der Waals surface area contributed by atoms with E-state index in [4.69, 9.17) is 23.7 Å². The third kappa shape index (κ3) is 8.20. The Morgan fingerprint density at radius 3 is 1.54 bits per heavy atom. The second-order valence-corrected chi connectivity index (χ2v) is 7.90. The molecule has 0 saturated heterocycles.